The standard InChI is InChI=1S/C17H22ClNO/c1-12(2)11-16(19-13(3)20)17(9-4-10-17)14-5-7-15(18)8-6-14/h5-8,11-12H,4,9-10H2,1-3H3,(H,19,20). The van der Waals surface area contributed by atoms with Crippen LogP contribution in [0.3, 0.4) is 0 Å². The van der Waals surface area contributed by atoms with Crippen molar-refractivity contribution < 1.29 is 4.79 Å². The third-order valence-electron chi connectivity index (χ3n) is 3.93. The Kier molecular flexibility index (Phi) is 4.54. The lowest BCUT2D eigenvalue weighted by molar-refractivity contribution is -0.118. The minimum absolute atomic E-state index is 0.00265. The van der Waals surface area contributed by atoms with Gasteiger partial charge in [0.2, 0.25) is 5.91 Å². The fourth-order valence-electron chi connectivity index (χ4n) is 2.86. The molecule has 0 spiro atoms. The molecule has 0 aromatic heterocycles. The molecule has 3 heteroatoms. The van der Waals surface area contributed by atoms with Crippen LogP contribution < -0.4 is 5.32 Å². The lowest BCUT2D eigenvalue weighted by Gasteiger charge is -2.44. The van der Waals surface area contributed by atoms with E-state index in [0.29, 0.717) is 5.92 Å². The summed E-state index contributed by atoms with van der Waals surface area (Å²) in [4.78, 5) is 11.5. The number of rotatable bonds is 4. The second-order valence-electron chi connectivity index (χ2n) is 5.95. The van der Waals surface area contributed by atoms with Gasteiger partial charge in [-0.1, -0.05) is 50.1 Å². The highest BCUT2D eigenvalue weighted by Crippen LogP contribution is 2.48. The van der Waals surface area contributed by atoms with Gasteiger partial charge in [0.1, 0.15) is 0 Å². The van der Waals surface area contributed by atoms with Gasteiger partial charge in [-0.05, 0) is 36.5 Å². The van der Waals surface area contributed by atoms with Crippen molar-refractivity contribution in [3.8, 4) is 0 Å². The highest BCUT2D eigenvalue weighted by molar-refractivity contribution is 6.30. The maximum atomic E-state index is 11.5. The topological polar surface area (TPSA) is 29.1 Å². The number of carbonyl (C=O) groups is 1. The predicted octanol–water partition coefficient (Wildman–Crippen LogP) is 4.44. The van der Waals surface area contributed by atoms with Crippen molar-refractivity contribution in [2.45, 2.75) is 45.4 Å². The Labute approximate surface area is 126 Å². The van der Waals surface area contributed by atoms with Crippen molar-refractivity contribution in [2.75, 3.05) is 0 Å². The lowest BCUT2D eigenvalue weighted by Crippen LogP contribution is -2.43. The zero-order valence-corrected chi connectivity index (χ0v) is 13.1. The van der Waals surface area contributed by atoms with Crippen LogP contribution in [0, 0.1) is 5.92 Å². The summed E-state index contributed by atoms with van der Waals surface area (Å²) in [6, 6.07) is 8.02. The number of halogens is 1. The molecule has 0 unspecified atom stereocenters. The van der Waals surface area contributed by atoms with Gasteiger partial charge in [-0.25, -0.2) is 0 Å². The van der Waals surface area contributed by atoms with Crippen molar-refractivity contribution in [3.63, 3.8) is 0 Å². The summed E-state index contributed by atoms with van der Waals surface area (Å²) in [6.07, 6.45) is 5.52. The van der Waals surface area contributed by atoms with E-state index in [1.165, 1.54) is 12.0 Å². The Balaban J connectivity index is 2.41. The molecule has 2 nitrogen and oxygen atoms in total. The summed E-state index contributed by atoms with van der Waals surface area (Å²) in [6.45, 7) is 5.84. The molecule has 1 aliphatic carbocycles. The Hall–Kier alpha value is -1.28. The van der Waals surface area contributed by atoms with E-state index in [0.717, 1.165) is 23.6 Å². The van der Waals surface area contributed by atoms with Crippen LogP contribution in [0.25, 0.3) is 0 Å². The third kappa shape index (κ3) is 3.06. The minimum Gasteiger partial charge on any atom is -0.329 e. The van der Waals surface area contributed by atoms with Crippen molar-refractivity contribution >= 4 is 17.5 Å². The lowest BCUT2D eigenvalue weighted by atomic mass is 9.62. The zero-order valence-electron chi connectivity index (χ0n) is 12.4. The Bertz CT molecular complexity index is 512. The van der Waals surface area contributed by atoms with E-state index in [4.69, 9.17) is 11.6 Å². The molecule has 0 aliphatic heterocycles. The number of amides is 1. The fraction of sp³-hybridized carbons (Fsp3) is 0.471. The molecule has 2 rings (SSSR count). The summed E-state index contributed by atoms with van der Waals surface area (Å²) in [5.74, 6) is 0.402. The highest BCUT2D eigenvalue weighted by Gasteiger charge is 2.42. The first kappa shape index (κ1) is 15.1. The van der Waals surface area contributed by atoms with Gasteiger partial charge < -0.3 is 5.32 Å². The molecule has 1 aromatic rings. The molecule has 20 heavy (non-hydrogen) atoms. The van der Waals surface area contributed by atoms with Gasteiger partial charge >= 0.3 is 0 Å². The van der Waals surface area contributed by atoms with Crippen LogP contribution in [0.2, 0.25) is 5.02 Å². The molecule has 1 fully saturated rings. The summed E-state index contributed by atoms with van der Waals surface area (Å²) >= 11 is 5.99. The van der Waals surface area contributed by atoms with Crippen molar-refractivity contribution in [3.05, 3.63) is 46.6 Å². The van der Waals surface area contributed by atoms with Crippen LogP contribution in [0.4, 0.5) is 0 Å². The van der Waals surface area contributed by atoms with Crippen LogP contribution in [-0.4, -0.2) is 5.91 Å². The van der Waals surface area contributed by atoms with E-state index in [2.05, 4.69) is 37.4 Å². The van der Waals surface area contributed by atoms with Gasteiger partial charge in [0.05, 0.1) is 0 Å². The van der Waals surface area contributed by atoms with E-state index >= 15 is 0 Å². The fourth-order valence-corrected chi connectivity index (χ4v) is 2.98. The van der Waals surface area contributed by atoms with Gasteiger partial charge in [-0.15, -0.1) is 0 Å². The average molecular weight is 292 g/mol. The second-order valence-corrected chi connectivity index (χ2v) is 6.38. The van der Waals surface area contributed by atoms with Crippen molar-refractivity contribution in [2.24, 2.45) is 5.92 Å². The van der Waals surface area contributed by atoms with Gasteiger partial charge in [0.25, 0.3) is 0 Å². The van der Waals surface area contributed by atoms with E-state index in [1.807, 2.05) is 12.1 Å². The average Bonchev–Trinajstić information content (AvgIpc) is 2.28. The van der Waals surface area contributed by atoms with Crippen LogP contribution in [-0.2, 0) is 10.2 Å². The maximum absolute atomic E-state index is 11.5. The molecule has 108 valence electrons. The molecule has 0 heterocycles. The first-order valence-electron chi connectivity index (χ1n) is 7.20. The number of carbonyl (C=O) groups excluding carboxylic acids is 1. The molecule has 0 radical (unpaired) electrons. The summed E-state index contributed by atoms with van der Waals surface area (Å²) in [5, 5.41) is 3.80. The van der Waals surface area contributed by atoms with Crippen molar-refractivity contribution in [1.29, 1.82) is 0 Å². The quantitative estimate of drug-likeness (QED) is 0.873. The summed E-state index contributed by atoms with van der Waals surface area (Å²) in [5.41, 5.74) is 2.25. The third-order valence-corrected chi connectivity index (χ3v) is 4.18. The Morgan fingerprint density at radius 1 is 1.30 bits per heavy atom. The van der Waals surface area contributed by atoms with Crippen LogP contribution >= 0.6 is 11.6 Å². The van der Waals surface area contributed by atoms with Crippen LogP contribution in [0.15, 0.2) is 36.0 Å². The number of hydrogen-bond donors (Lipinski definition) is 1. The SMILES string of the molecule is CC(=O)NC(=CC(C)C)C1(c2ccc(Cl)cc2)CCC1. The molecule has 1 saturated carbocycles. The highest BCUT2D eigenvalue weighted by atomic mass is 35.5. The second kappa shape index (κ2) is 6.01. The maximum Gasteiger partial charge on any atom is 0.221 e. The zero-order chi connectivity index (χ0) is 14.8. The largest absolute Gasteiger partial charge is 0.329 e. The van der Waals surface area contributed by atoms with Gasteiger partial charge in [-0.2, -0.15) is 0 Å². The van der Waals surface area contributed by atoms with Crippen LogP contribution in [0.1, 0.15) is 45.6 Å². The summed E-state index contributed by atoms with van der Waals surface area (Å²) in [7, 11) is 0. The summed E-state index contributed by atoms with van der Waals surface area (Å²) < 4.78 is 0. The normalized spacial score (nSPS) is 17.8. The molecule has 0 atom stereocenters. The minimum atomic E-state index is -0.0411. The smallest absolute Gasteiger partial charge is 0.221 e. The molecule has 1 aromatic carbocycles. The first-order chi connectivity index (χ1) is 9.44. The molecule has 0 bridgehead atoms. The molecule has 1 N–H and O–H groups in total. The van der Waals surface area contributed by atoms with Crippen molar-refractivity contribution in [1.82, 2.24) is 5.32 Å². The van der Waals surface area contributed by atoms with Gasteiger partial charge in [0.15, 0.2) is 0 Å². The number of benzene rings is 1. The van der Waals surface area contributed by atoms with Crippen LogP contribution in [0.5, 0.6) is 0 Å². The number of hydrogen-bond acceptors (Lipinski definition) is 1. The molecule has 1 aliphatic rings. The van der Waals surface area contributed by atoms with E-state index in [1.54, 1.807) is 6.92 Å². The van der Waals surface area contributed by atoms with E-state index in [-0.39, 0.29) is 11.3 Å². The monoisotopic (exact) mass is 291 g/mol. The predicted molar refractivity (Wildman–Crippen MR) is 83.7 cm³/mol. The Morgan fingerprint density at radius 3 is 2.30 bits per heavy atom. The molecular weight excluding hydrogens is 270 g/mol. The van der Waals surface area contributed by atoms with Gasteiger partial charge in [0, 0.05) is 23.1 Å². The van der Waals surface area contributed by atoms with Gasteiger partial charge in [-0.3, -0.25) is 4.79 Å². The molecule has 1 amide bonds. The first-order valence-corrected chi connectivity index (χ1v) is 7.58. The number of nitrogens with one attached hydrogen (secondary N) is 1. The molecule has 0 saturated heterocycles. The van der Waals surface area contributed by atoms with E-state index in [9.17, 15) is 4.79 Å². The molecular formula is C17H22ClNO. The van der Waals surface area contributed by atoms with E-state index < -0.39 is 0 Å². The Morgan fingerprint density at radius 2 is 1.90 bits per heavy atom. The number of allylic oxidation sites excluding steroid dienone is 2.